The van der Waals surface area contributed by atoms with Crippen molar-refractivity contribution in [2.75, 3.05) is 18.4 Å². The first-order chi connectivity index (χ1) is 17.6. The molecule has 8 nitrogen and oxygen atoms in total. The molecule has 8 heteroatoms. The first-order valence-corrected chi connectivity index (χ1v) is 13.5. The van der Waals surface area contributed by atoms with E-state index < -0.39 is 0 Å². The summed E-state index contributed by atoms with van der Waals surface area (Å²) in [5.74, 6) is 1.62. The first kappa shape index (κ1) is 30.2. The molecular weight excluding hydrogens is 460 g/mol. The second-order valence-corrected chi connectivity index (χ2v) is 10.8. The summed E-state index contributed by atoms with van der Waals surface area (Å²) in [6.45, 7) is 25.2. The fourth-order valence-electron chi connectivity index (χ4n) is 3.97. The van der Waals surface area contributed by atoms with Crippen LogP contribution >= 0.6 is 0 Å². The Balaban J connectivity index is 0.000000374. The maximum atomic E-state index is 4.45. The maximum Gasteiger partial charge on any atom is 0.182 e. The summed E-state index contributed by atoms with van der Waals surface area (Å²) in [5.41, 5.74) is 2.38. The monoisotopic (exact) mass is 510 g/mol. The molecule has 1 aliphatic heterocycles. The van der Waals surface area contributed by atoms with Crippen LogP contribution in [0.5, 0.6) is 0 Å². The molecule has 0 radical (unpaired) electrons. The van der Waals surface area contributed by atoms with Crippen LogP contribution < -0.4 is 10.6 Å². The van der Waals surface area contributed by atoms with Crippen LogP contribution in [-0.2, 0) is 0 Å². The quantitative estimate of drug-likeness (QED) is 0.323. The van der Waals surface area contributed by atoms with Crippen molar-refractivity contribution in [3.05, 3.63) is 56.2 Å². The molecule has 37 heavy (non-hydrogen) atoms. The second kappa shape index (κ2) is 14.7. The van der Waals surface area contributed by atoms with Crippen LogP contribution in [0.3, 0.4) is 0 Å². The SMILES string of the molecule is C=CCC(C)(Nc1ncnc2ncn(C(C)CC)c12)C(=C)C.CC(C)C.[HH].c1cn(C2CCNCC2)cn1. The van der Waals surface area contributed by atoms with Crippen LogP contribution in [0.15, 0.2) is 56.2 Å². The van der Waals surface area contributed by atoms with E-state index in [0.717, 1.165) is 48.8 Å². The van der Waals surface area contributed by atoms with Crippen LogP contribution in [0, 0.1) is 5.92 Å². The molecule has 1 saturated heterocycles. The molecule has 2 N–H and O–H groups in total. The molecule has 0 aliphatic carbocycles. The molecule has 206 valence electrons. The van der Waals surface area contributed by atoms with Crippen LogP contribution in [-0.4, -0.2) is 47.7 Å². The third-order valence-electron chi connectivity index (χ3n) is 6.58. The molecule has 0 spiro atoms. The zero-order chi connectivity index (χ0) is 27.4. The van der Waals surface area contributed by atoms with Gasteiger partial charge < -0.3 is 19.8 Å². The Morgan fingerprint density at radius 2 is 1.89 bits per heavy atom. The van der Waals surface area contributed by atoms with Crippen molar-refractivity contribution in [3.63, 3.8) is 0 Å². The molecule has 1 aliphatic rings. The Morgan fingerprint density at radius 1 is 1.22 bits per heavy atom. The summed E-state index contributed by atoms with van der Waals surface area (Å²) in [6, 6.07) is 1.02. The lowest BCUT2D eigenvalue weighted by Crippen LogP contribution is -2.35. The van der Waals surface area contributed by atoms with Gasteiger partial charge in [-0.2, -0.15) is 0 Å². The van der Waals surface area contributed by atoms with Gasteiger partial charge in [0.15, 0.2) is 11.5 Å². The van der Waals surface area contributed by atoms with Gasteiger partial charge in [-0.1, -0.05) is 45.9 Å². The molecule has 0 bridgehead atoms. The molecule has 0 saturated carbocycles. The number of nitrogens with zero attached hydrogens (tertiary/aromatic N) is 6. The predicted octanol–water partition coefficient (Wildman–Crippen LogP) is 6.84. The number of imidazole rings is 2. The van der Waals surface area contributed by atoms with Gasteiger partial charge in [-0.15, -0.1) is 6.58 Å². The van der Waals surface area contributed by atoms with Gasteiger partial charge in [0, 0.05) is 25.9 Å². The van der Waals surface area contributed by atoms with E-state index in [1.165, 1.54) is 12.8 Å². The highest BCUT2D eigenvalue weighted by atomic mass is 15.2. The Hall–Kier alpha value is -3.00. The molecule has 4 heterocycles. The van der Waals surface area contributed by atoms with Crippen molar-refractivity contribution >= 4 is 17.0 Å². The zero-order valence-electron chi connectivity index (χ0n) is 24.0. The molecular formula is C29H50N8. The van der Waals surface area contributed by atoms with Crippen molar-refractivity contribution in [2.24, 2.45) is 5.92 Å². The maximum absolute atomic E-state index is 4.45. The summed E-state index contributed by atoms with van der Waals surface area (Å²) in [5, 5.41) is 6.86. The summed E-state index contributed by atoms with van der Waals surface area (Å²) < 4.78 is 4.34. The Morgan fingerprint density at radius 3 is 2.43 bits per heavy atom. The highest BCUT2D eigenvalue weighted by Crippen LogP contribution is 2.29. The van der Waals surface area contributed by atoms with Gasteiger partial charge in [0.2, 0.25) is 0 Å². The smallest absolute Gasteiger partial charge is 0.182 e. The lowest BCUT2D eigenvalue weighted by molar-refractivity contribution is 0.368. The third kappa shape index (κ3) is 8.81. The molecule has 3 aromatic heterocycles. The summed E-state index contributed by atoms with van der Waals surface area (Å²) in [4.78, 5) is 17.2. The standard InChI is InChI=1S/C17H25N5.C8H13N3.C4H10.H2/c1-7-9-17(6,12(3)4)21-16-14-15(18-10-19-16)20-11-22(14)13(5)8-2;1-3-9-4-2-8(1)11-6-5-10-7-11;1-4(2)3;/h7,10-11,13H,1,3,8-9H2,2,4-6H3,(H,18,19,21);5-9H,1-4H2;4H,1-3H3;1H. The van der Waals surface area contributed by atoms with Gasteiger partial charge in [0.25, 0.3) is 0 Å². The summed E-state index contributed by atoms with van der Waals surface area (Å²) in [6.07, 6.45) is 15.3. The molecule has 0 aromatic carbocycles. The topological polar surface area (TPSA) is 85.5 Å². The van der Waals surface area contributed by atoms with Crippen LogP contribution in [0.2, 0.25) is 0 Å². The van der Waals surface area contributed by atoms with Crippen molar-refractivity contribution < 1.29 is 1.43 Å². The van der Waals surface area contributed by atoms with Crippen LogP contribution in [0.1, 0.15) is 87.7 Å². The van der Waals surface area contributed by atoms with E-state index in [1.807, 2.05) is 31.9 Å². The number of anilines is 1. The van der Waals surface area contributed by atoms with E-state index in [2.05, 4.69) is 101 Å². The van der Waals surface area contributed by atoms with Gasteiger partial charge >= 0.3 is 0 Å². The van der Waals surface area contributed by atoms with Crippen LogP contribution in [0.25, 0.3) is 11.2 Å². The molecule has 4 rings (SSSR count). The second-order valence-electron chi connectivity index (χ2n) is 10.8. The van der Waals surface area contributed by atoms with Gasteiger partial charge in [-0.25, -0.2) is 19.9 Å². The normalized spacial score (nSPS) is 16.1. The fraction of sp³-hybridized carbons (Fsp3) is 0.586. The zero-order valence-corrected chi connectivity index (χ0v) is 24.0. The van der Waals surface area contributed by atoms with E-state index in [4.69, 9.17) is 0 Å². The summed E-state index contributed by atoms with van der Waals surface area (Å²) >= 11 is 0. The van der Waals surface area contributed by atoms with Gasteiger partial charge in [0.1, 0.15) is 11.8 Å². The van der Waals surface area contributed by atoms with Crippen molar-refractivity contribution in [2.45, 2.75) is 91.8 Å². The van der Waals surface area contributed by atoms with E-state index >= 15 is 0 Å². The van der Waals surface area contributed by atoms with Crippen molar-refractivity contribution in [1.82, 2.24) is 34.4 Å². The van der Waals surface area contributed by atoms with E-state index in [-0.39, 0.29) is 6.97 Å². The predicted molar refractivity (Wildman–Crippen MR) is 158 cm³/mol. The van der Waals surface area contributed by atoms with E-state index in [1.54, 1.807) is 6.33 Å². The minimum absolute atomic E-state index is 0. The number of piperidine rings is 1. The Kier molecular flexibility index (Phi) is 12.0. The molecule has 2 unspecified atom stereocenters. The highest BCUT2D eigenvalue weighted by molar-refractivity contribution is 5.83. The van der Waals surface area contributed by atoms with E-state index in [0.29, 0.717) is 17.7 Å². The number of aromatic nitrogens is 6. The molecule has 1 fully saturated rings. The average molecular weight is 511 g/mol. The fourth-order valence-corrected chi connectivity index (χ4v) is 3.97. The number of hydrogen-bond acceptors (Lipinski definition) is 6. The average Bonchev–Trinajstić information content (AvgIpc) is 3.55. The van der Waals surface area contributed by atoms with E-state index in [9.17, 15) is 0 Å². The minimum Gasteiger partial charge on any atom is -0.359 e. The number of nitrogens with one attached hydrogen (secondary N) is 2. The lowest BCUT2D eigenvalue weighted by Gasteiger charge is -2.31. The van der Waals surface area contributed by atoms with Gasteiger partial charge in [-0.3, -0.25) is 0 Å². The minimum atomic E-state index is -0.298. The third-order valence-corrected chi connectivity index (χ3v) is 6.58. The number of fused-ring (bicyclic) bond motifs is 1. The van der Waals surface area contributed by atoms with Crippen molar-refractivity contribution in [3.8, 4) is 0 Å². The largest absolute Gasteiger partial charge is 0.359 e. The van der Waals surface area contributed by atoms with Gasteiger partial charge in [-0.05, 0) is 65.5 Å². The molecule has 2 atom stereocenters. The number of rotatable bonds is 8. The van der Waals surface area contributed by atoms with Gasteiger partial charge in [0.05, 0.1) is 18.2 Å². The first-order valence-electron chi connectivity index (χ1n) is 13.5. The van der Waals surface area contributed by atoms with Crippen molar-refractivity contribution in [1.29, 1.82) is 0 Å². The highest BCUT2D eigenvalue weighted by Gasteiger charge is 2.26. The number of hydrogen-bond donors (Lipinski definition) is 2. The Labute approximate surface area is 225 Å². The lowest BCUT2D eigenvalue weighted by atomic mass is 9.90. The Bertz CT molecular complexity index is 1080. The molecule has 0 amide bonds. The molecule has 3 aromatic rings. The van der Waals surface area contributed by atoms with Crippen LogP contribution in [0.4, 0.5) is 5.82 Å². The summed E-state index contributed by atoms with van der Waals surface area (Å²) in [7, 11) is 0.